The molecule has 0 bridgehead atoms. The molecule has 45 heteroatoms. The van der Waals surface area contributed by atoms with Crippen LogP contribution in [0.1, 0.15) is 140 Å². The summed E-state index contributed by atoms with van der Waals surface area (Å²) in [6.07, 6.45) is -29.7. The van der Waals surface area contributed by atoms with E-state index in [1.165, 1.54) is 20.8 Å². The summed E-state index contributed by atoms with van der Waals surface area (Å²) in [5, 5.41) is 2.99. The van der Waals surface area contributed by atoms with Gasteiger partial charge in [-0.3, -0.25) is 71.0 Å². The SMILES string of the molecule is CC(=O)OCC(NC(=O)OC(C)(C)C)[C@@H](OC(C)=O)[C@H](O[C@@H]1OC(COC(C)=O)[C@@H](O[C@@H]2OC(COC(C)=O)[C@@H](OC(C)=O)[C@H](OC(C)=O)C2NC(=O)CC(P(=O)(OCc2ccccc2)OCc2ccccc2)P(=O)(OCc2ccccc2)OCc2ccccc2)[C@H](OC(C)=O)C1NC(=O)CC(P(=O)(OCc1ccccc1)OCc1ccccc1)P(=O)(OCc1ccccc1)OCc1ccccc1)C(COC(C)=O)OC(C)=O. The van der Waals surface area contributed by atoms with Crippen molar-refractivity contribution < 1.29 is 178 Å². The van der Waals surface area contributed by atoms with Crippen molar-refractivity contribution in [2.75, 3.05) is 26.4 Å². The van der Waals surface area contributed by atoms with Crippen LogP contribution in [0.15, 0.2) is 243 Å². The van der Waals surface area contributed by atoms with Crippen molar-refractivity contribution in [3.63, 3.8) is 0 Å². The van der Waals surface area contributed by atoms with Crippen LogP contribution in [0.5, 0.6) is 0 Å². The largest absolute Gasteiger partial charge is 0.464 e. The molecule has 0 radical (unpaired) electrons. The van der Waals surface area contributed by atoms with Crippen molar-refractivity contribution in [3.8, 4) is 0 Å². The Morgan fingerprint density at radius 1 is 0.318 bits per heavy atom. The van der Waals surface area contributed by atoms with Gasteiger partial charge in [-0.05, 0) is 65.3 Å². The predicted molar refractivity (Wildman–Crippen MR) is 525 cm³/mol. The average Bonchev–Trinajstić information content (AvgIpc) is 0.761. The minimum Gasteiger partial charge on any atom is -0.464 e. The van der Waals surface area contributed by atoms with Gasteiger partial charge in [0, 0.05) is 62.3 Å². The molecule has 0 spiro atoms. The topological polar surface area (TPSA) is 512 Å². The van der Waals surface area contributed by atoms with Crippen LogP contribution in [0.4, 0.5) is 4.79 Å². The molecular formula is C103H123N3O38P4. The molecule has 2 fully saturated rings. The standard InChI is InChI=1S/C103H123N3O38P4/c1-67(107)123-63-84(104-102(118)144-103(10,11)12)94(136-72(6)112)95(85(135-71(5)111)64-124-68(2)108)142-100-93(106-89(117)54-91(147(121,131-59-80-45-29-17-30-46-80)132-60-81-47-31-18-32-48-81)148(122,133-61-82-49-33-19-34-50-82)134-62-83-51-35-20-36-52-83)99(139-75(9)115)97(87(141-100)66-126-70(4)110)143-101-92(98(138-74(8)114)96(137-73(7)113)86(140-101)65-125-69(3)109)105-88(116)53-90(145(119,127-55-76-37-21-13-22-38-76)128-56-77-39-23-14-24-40-77)146(120,129-57-78-41-25-15-26-42-78)130-58-79-43-27-16-28-44-79/h13-52,84-87,90-101H,53-66H2,1-12H3,(H,104,118)(H,105,116)(H,106,117)/t84?,85?,86?,87?,92?,93?,94-,95-,96-,97-,98-,99-,100+,101+/m1/s1. The van der Waals surface area contributed by atoms with E-state index in [2.05, 4.69) is 16.0 Å². The number of hydrogen-bond donors (Lipinski definition) is 3. The highest BCUT2D eigenvalue weighted by Gasteiger charge is 2.61. The molecule has 0 saturated carbocycles. The van der Waals surface area contributed by atoms with Crippen molar-refractivity contribution in [1.82, 2.24) is 16.0 Å². The van der Waals surface area contributed by atoms with Gasteiger partial charge in [0.25, 0.3) is 0 Å². The van der Waals surface area contributed by atoms with Gasteiger partial charge in [-0.15, -0.1) is 0 Å². The highest BCUT2D eigenvalue weighted by Crippen LogP contribution is 2.74. The monoisotopic (exact) mass is 2130 g/mol. The van der Waals surface area contributed by atoms with Gasteiger partial charge >= 0.3 is 90.2 Å². The Morgan fingerprint density at radius 3 is 0.872 bits per heavy atom. The predicted octanol–water partition coefficient (Wildman–Crippen LogP) is 14.9. The van der Waals surface area contributed by atoms with Crippen LogP contribution >= 0.6 is 30.4 Å². The Morgan fingerprint density at radius 2 is 0.588 bits per heavy atom. The van der Waals surface area contributed by atoms with Gasteiger partial charge in [-0.1, -0.05) is 243 Å². The molecule has 798 valence electrons. The maximum atomic E-state index is 17.1. The van der Waals surface area contributed by atoms with E-state index in [0.717, 1.165) is 62.3 Å². The third kappa shape index (κ3) is 38.0. The smallest absolute Gasteiger partial charge is 0.408 e. The van der Waals surface area contributed by atoms with E-state index < -0.39 is 296 Å². The molecule has 2 aliphatic heterocycles. The Kier molecular flexibility index (Phi) is 45.6. The van der Waals surface area contributed by atoms with Crippen molar-refractivity contribution >= 4 is 102 Å². The lowest BCUT2D eigenvalue weighted by Gasteiger charge is -2.50. The molecule has 148 heavy (non-hydrogen) atoms. The number of carbonyl (C=O) groups is 12. The molecule has 0 aliphatic carbocycles. The van der Waals surface area contributed by atoms with Crippen LogP contribution in [0, 0.1) is 0 Å². The zero-order chi connectivity index (χ0) is 107. The number of amides is 3. The third-order valence-electron chi connectivity index (χ3n) is 21.9. The minimum atomic E-state index is -5.48. The summed E-state index contributed by atoms with van der Waals surface area (Å²) in [6, 6.07) is 58.4. The number of rotatable bonds is 55. The van der Waals surface area contributed by atoms with E-state index in [9.17, 15) is 47.9 Å². The molecule has 2 aliphatic rings. The summed E-state index contributed by atoms with van der Waals surface area (Å²) in [7, 11) is -21.7. The normalized spacial score (nSPS) is 18.8. The van der Waals surface area contributed by atoms with E-state index in [1.54, 1.807) is 243 Å². The maximum Gasteiger partial charge on any atom is 0.408 e. The summed E-state index contributed by atoms with van der Waals surface area (Å²) < 4.78 is 207. The highest BCUT2D eigenvalue weighted by molar-refractivity contribution is 7.73. The number of carbonyl (C=O) groups excluding carboxylic acids is 12. The number of alkyl carbamates (subject to hydrolysis) is 1. The number of benzene rings is 8. The molecule has 14 atom stereocenters. The molecule has 8 aromatic rings. The molecule has 2 saturated heterocycles. The average molecular weight is 2130 g/mol. The fourth-order valence-electron chi connectivity index (χ4n) is 15.3. The van der Waals surface area contributed by atoms with Crippen molar-refractivity contribution in [2.24, 2.45) is 0 Å². The van der Waals surface area contributed by atoms with Crippen molar-refractivity contribution in [1.29, 1.82) is 0 Å². The lowest BCUT2D eigenvalue weighted by molar-refractivity contribution is -0.343. The highest BCUT2D eigenvalue weighted by atomic mass is 31.2. The summed E-state index contributed by atoms with van der Waals surface area (Å²) in [4.78, 5) is 172. The molecular weight excluding hydrogens is 2010 g/mol. The first-order valence-electron chi connectivity index (χ1n) is 47.0. The fourth-order valence-corrected chi connectivity index (χ4v) is 25.5. The molecule has 6 unspecified atom stereocenters. The summed E-state index contributed by atoms with van der Waals surface area (Å²) in [6.45, 7) is 3.55. The Hall–Kier alpha value is -12.4. The molecule has 8 aromatic carbocycles. The van der Waals surface area contributed by atoms with Crippen LogP contribution in [0.2, 0.25) is 0 Å². The van der Waals surface area contributed by atoms with Crippen molar-refractivity contribution in [3.05, 3.63) is 287 Å². The van der Waals surface area contributed by atoms with Gasteiger partial charge in [0.05, 0.1) is 65.7 Å². The maximum absolute atomic E-state index is 17.1. The Balaban J connectivity index is 1.25. The van der Waals surface area contributed by atoms with Crippen molar-refractivity contribution in [2.45, 2.75) is 251 Å². The second-order valence-electron chi connectivity index (χ2n) is 35.0. The van der Waals surface area contributed by atoms with Crippen LogP contribution in [0.25, 0.3) is 0 Å². The van der Waals surface area contributed by atoms with Crippen LogP contribution in [0.3, 0.4) is 0 Å². The molecule has 3 amide bonds. The minimum absolute atomic E-state index is 0.348. The summed E-state index contributed by atoms with van der Waals surface area (Å²) in [5.74, 6) is -13.3. The van der Waals surface area contributed by atoms with E-state index in [-0.39, 0.29) is 0 Å². The quantitative estimate of drug-likeness (QED) is 0.0181. The Bertz CT molecular complexity index is 5470. The Labute approximate surface area is 856 Å². The zero-order valence-corrected chi connectivity index (χ0v) is 87.1. The number of ether oxygens (including phenoxy) is 14. The van der Waals surface area contributed by atoms with Crippen LogP contribution in [-0.2, 0) is 226 Å². The van der Waals surface area contributed by atoms with Gasteiger partial charge in [0.2, 0.25) is 11.8 Å². The second kappa shape index (κ2) is 57.4. The van der Waals surface area contributed by atoms with Crippen LogP contribution < -0.4 is 16.0 Å². The first kappa shape index (κ1) is 118. The molecule has 2 heterocycles. The molecule has 3 N–H and O–H groups in total. The molecule has 41 nitrogen and oxygen atoms in total. The van der Waals surface area contributed by atoms with Gasteiger partial charge in [0.15, 0.2) is 53.9 Å². The first-order chi connectivity index (χ1) is 70.5. The number of esters is 9. The summed E-state index contributed by atoms with van der Waals surface area (Å²) in [5.41, 5.74) is 1.58. The first-order valence-corrected chi connectivity index (χ1v) is 53.4. The fraction of sp³-hybridized carbons (Fsp3) is 0.417. The van der Waals surface area contributed by atoms with Gasteiger partial charge in [-0.2, -0.15) is 0 Å². The lowest BCUT2D eigenvalue weighted by atomic mass is 9.93. The van der Waals surface area contributed by atoms with E-state index in [4.69, 9.17) is 103 Å². The summed E-state index contributed by atoms with van der Waals surface area (Å²) >= 11 is 0. The molecule has 0 aromatic heterocycles. The third-order valence-corrected chi connectivity index (χ3v) is 32.8. The van der Waals surface area contributed by atoms with E-state index >= 15 is 27.8 Å². The lowest BCUT2D eigenvalue weighted by Crippen LogP contribution is -2.71. The zero-order valence-electron chi connectivity index (χ0n) is 83.5. The second-order valence-corrected chi connectivity index (χ2v) is 44.7. The number of hydrogen-bond acceptors (Lipinski definition) is 38. The molecule has 10 rings (SSSR count). The van der Waals surface area contributed by atoms with Gasteiger partial charge in [0.1, 0.15) is 74.6 Å². The van der Waals surface area contributed by atoms with E-state index in [0.29, 0.717) is 44.5 Å². The van der Waals surface area contributed by atoms with Crippen LogP contribution in [-0.4, -0.2) is 200 Å². The van der Waals surface area contributed by atoms with Gasteiger partial charge in [-0.25, -0.2) is 4.79 Å². The van der Waals surface area contributed by atoms with E-state index in [1.807, 2.05) is 0 Å². The number of nitrogens with one attached hydrogen (secondary N) is 3. The van der Waals surface area contributed by atoms with Gasteiger partial charge < -0.3 is 118 Å².